The molecule has 0 saturated carbocycles. The lowest BCUT2D eigenvalue weighted by Crippen LogP contribution is -2.52. The highest BCUT2D eigenvalue weighted by Crippen LogP contribution is 2.27. The third-order valence-electron chi connectivity index (χ3n) is 3.77. The van der Waals surface area contributed by atoms with Gasteiger partial charge in [-0.15, -0.1) is 0 Å². The minimum Gasteiger partial charge on any atom is -0.467 e. The van der Waals surface area contributed by atoms with E-state index in [1.807, 2.05) is 19.9 Å². The molecule has 1 atom stereocenters. The van der Waals surface area contributed by atoms with E-state index in [1.165, 1.54) is 12.4 Å². The van der Waals surface area contributed by atoms with Crippen molar-refractivity contribution < 1.29 is 13.5 Å². The second kappa shape index (κ2) is 6.68. The maximum atomic E-state index is 13.8. The number of hydrogen-bond donors (Lipinski definition) is 3. The van der Waals surface area contributed by atoms with E-state index in [0.717, 1.165) is 5.69 Å². The van der Waals surface area contributed by atoms with Gasteiger partial charge in [0.25, 0.3) is 5.92 Å². The lowest BCUT2D eigenvalue weighted by molar-refractivity contribution is -0.110. The molecular weight excluding hydrogens is 318 g/mol. The monoisotopic (exact) mass is 338 g/mol. The van der Waals surface area contributed by atoms with Crippen LogP contribution >= 0.6 is 0 Å². The number of alkyl halides is 2. The summed E-state index contributed by atoms with van der Waals surface area (Å²) >= 11 is 0. The number of rotatable bonds is 5. The van der Waals surface area contributed by atoms with E-state index < -0.39 is 18.6 Å². The lowest BCUT2D eigenvalue weighted by Gasteiger charge is -2.31. The number of nitrogens with zero attached hydrogens (tertiary/aromatic N) is 3. The molecule has 0 amide bonds. The van der Waals surface area contributed by atoms with E-state index in [2.05, 4.69) is 30.8 Å². The number of hydrogen-bond acceptors (Lipinski definition) is 6. The second-order valence-corrected chi connectivity index (χ2v) is 6.06. The quantitative estimate of drug-likeness (QED) is 0.776. The van der Waals surface area contributed by atoms with Gasteiger partial charge in [0.15, 0.2) is 17.7 Å². The molecule has 24 heavy (non-hydrogen) atoms. The molecule has 1 aliphatic rings. The number of aromatic nitrogens is 4. The van der Waals surface area contributed by atoms with Crippen LogP contribution in [-0.2, 0) is 0 Å². The van der Waals surface area contributed by atoms with E-state index in [0.29, 0.717) is 24.1 Å². The molecule has 0 aliphatic carbocycles. The summed E-state index contributed by atoms with van der Waals surface area (Å²) in [7, 11) is 0. The molecule has 2 aromatic rings. The normalized spacial score (nSPS) is 20.1. The summed E-state index contributed by atoms with van der Waals surface area (Å²) in [6.45, 7) is 4.18. The van der Waals surface area contributed by atoms with Crippen LogP contribution in [0.15, 0.2) is 18.5 Å². The molecule has 3 N–H and O–H groups in total. The zero-order chi connectivity index (χ0) is 17.2. The summed E-state index contributed by atoms with van der Waals surface area (Å²) < 4.78 is 33.0. The first-order valence-electron chi connectivity index (χ1n) is 7.83. The minimum atomic E-state index is -2.93. The van der Waals surface area contributed by atoms with Crippen molar-refractivity contribution in [3.8, 4) is 5.88 Å². The van der Waals surface area contributed by atoms with Crippen molar-refractivity contribution in [2.75, 3.05) is 18.4 Å². The first-order chi connectivity index (χ1) is 11.4. The summed E-state index contributed by atoms with van der Waals surface area (Å²) in [6, 6.07) is 1.86. The second-order valence-electron chi connectivity index (χ2n) is 6.06. The van der Waals surface area contributed by atoms with Crippen molar-refractivity contribution in [1.82, 2.24) is 25.5 Å². The van der Waals surface area contributed by atoms with Crippen LogP contribution < -0.4 is 15.4 Å². The van der Waals surface area contributed by atoms with Gasteiger partial charge in [0, 0.05) is 18.2 Å². The molecule has 7 nitrogen and oxygen atoms in total. The summed E-state index contributed by atoms with van der Waals surface area (Å²) in [5, 5.41) is 12.7. The highest BCUT2D eigenvalue weighted by atomic mass is 19.3. The summed E-state index contributed by atoms with van der Waals surface area (Å²) in [4.78, 5) is 8.17. The van der Waals surface area contributed by atoms with Crippen molar-refractivity contribution in [2.45, 2.75) is 38.2 Å². The maximum Gasteiger partial charge on any atom is 0.296 e. The molecule has 1 unspecified atom stereocenters. The molecule has 1 aliphatic heterocycles. The van der Waals surface area contributed by atoms with E-state index in [4.69, 9.17) is 4.74 Å². The molecule has 0 radical (unpaired) electrons. The van der Waals surface area contributed by atoms with Gasteiger partial charge in [-0.3, -0.25) is 10.1 Å². The standard InChI is InChI=1S/C15H20F2N6O/c1-9(2)10-5-12(23-22-10)20-13-6-19-7-14(21-13)24-11-3-4-18-8-15(11,16)17/h5-7,9,11,18H,3-4,8H2,1-2H3,(H2,20,21,22,23). The van der Waals surface area contributed by atoms with E-state index in [-0.39, 0.29) is 12.3 Å². The third kappa shape index (κ3) is 3.78. The van der Waals surface area contributed by atoms with Gasteiger partial charge >= 0.3 is 0 Å². The predicted octanol–water partition coefficient (Wildman–Crippen LogP) is 2.44. The molecular formula is C15H20F2N6O. The van der Waals surface area contributed by atoms with E-state index in [9.17, 15) is 8.78 Å². The van der Waals surface area contributed by atoms with E-state index >= 15 is 0 Å². The van der Waals surface area contributed by atoms with Gasteiger partial charge in [0.2, 0.25) is 5.88 Å². The molecule has 0 bridgehead atoms. The molecule has 0 aromatic carbocycles. The Morgan fingerprint density at radius 2 is 2.17 bits per heavy atom. The van der Waals surface area contributed by atoms with Crippen molar-refractivity contribution >= 4 is 11.6 Å². The third-order valence-corrected chi connectivity index (χ3v) is 3.77. The average molecular weight is 338 g/mol. The van der Waals surface area contributed by atoms with Gasteiger partial charge in [-0.05, 0) is 12.5 Å². The van der Waals surface area contributed by atoms with Crippen molar-refractivity contribution in [3.05, 3.63) is 24.2 Å². The summed E-state index contributed by atoms with van der Waals surface area (Å²) in [5.41, 5.74) is 0.979. The molecule has 130 valence electrons. The van der Waals surface area contributed by atoms with Crippen molar-refractivity contribution in [2.24, 2.45) is 0 Å². The van der Waals surface area contributed by atoms with Gasteiger partial charge in [-0.25, -0.2) is 8.78 Å². The Labute approximate surface area is 138 Å². The number of aromatic amines is 1. The molecule has 9 heteroatoms. The fraction of sp³-hybridized carbons (Fsp3) is 0.533. The Kier molecular flexibility index (Phi) is 4.61. The van der Waals surface area contributed by atoms with Crippen LogP contribution in [0.3, 0.4) is 0 Å². The van der Waals surface area contributed by atoms with Gasteiger partial charge in [-0.1, -0.05) is 13.8 Å². The first-order valence-corrected chi connectivity index (χ1v) is 7.83. The van der Waals surface area contributed by atoms with Crippen molar-refractivity contribution in [1.29, 1.82) is 0 Å². The van der Waals surface area contributed by atoms with Gasteiger partial charge in [0.05, 0.1) is 18.9 Å². The zero-order valence-corrected chi connectivity index (χ0v) is 13.5. The molecule has 1 saturated heterocycles. The Morgan fingerprint density at radius 1 is 1.33 bits per heavy atom. The molecule has 3 heterocycles. The number of ether oxygens (including phenoxy) is 1. The van der Waals surface area contributed by atoms with Crippen LogP contribution in [-0.4, -0.2) is 45.3 Å². The Bertz CT molecular complexity index is 690. The molecule has 0 spiro atoms. The SMILES string of the molecule is CC(C)c1cc(Nc2cncc(OC3CCNCC3(F)F)n2)n[nH]1. The van der Waals surface area contributed by atoms with Gasteiger partial charge < -0.3 is 15.4 Å². The van der Waals surface area contributed by atoms with Crippen LogP contribution in [0.4, 0.5) is 20.4 Å². The fourth-order valence-electron chi connectivity index (χ4n) is 2.40. The van der Waals surface area contributed by atoms with Crippen LogP contribution in [0.2, 0.25) is 0 Å². The van der Waals surface area contributed by atoms with Crippen LogP contribution in [0.1, 0.15) is 31.9 Å². The lowest BCUT2D eigenvalue weighted by atomic mass is 10.1. The Hall–Kier alpha value is -2.29. The number of anilines is 2. The molecule has 2 aromatic heterocycles. The average Bonchev–Trinajstić information content (AvgIpc) is 2.98. The number of piperidine rings is 1. The maximum absolute atomic E-state index is 13.8. The highest BCUT2D eigenvalue weighted by molar-refractivity contribution is 5.51. The van der Waals surface area contributed by atoms with Gasteiger partial charge in [-0.2, -0.15) is 10.1 Å². The largest absolute Gasteiger partial charge is 0.467 e. The summed E-state index contributed by atoms with van der Waals surface area (Å²) in [5.74, 6) is -1.59. The number of halogens is 2. The summed E-state index contributed by atoms with van der Waals surface area (Å²) in [6.07, 6.45) is 1.81. The smallest absolute Gasteiger partial charge is 0.296 e. The number of H-pyrrole nitrogens is 1. The first kappa shape index (κ1) is 16.6. The van der Waals surface area contributed by atoms with Crippen molar-refractivity contribution in [3.63, 3.8) is 0 Å². The van der Waals surface area contributed by atoms with Crippen LogP contribution in [0.5, 0.6) is 5.88 Å². The zero-order valence-electron chi connectivity index (χ0n) is 13.5. The highest BCUT2D eigenvalue weighted by Gasteiger charge is 2.43. The van der Waals surface area contributed by atoms with Crippen LogP contribution in [0.25, 0.3) is 0 Å². The predicted molar refractivity (Wildman–Crippen MR) is 84.8 cm³/mol. The topological polar surface area (TPSA) is 87.8 Å². The van der Waals surface area contributed by atoms with Gasteiger partial charge in [0.1, 0.15) is 0 Å². The van der Waals surface area contributed by atoms with Crippen LogP contribution in [0, 0.1) is 0 Å². The Morgan fingerprint density at radius 3 is 2.88 bits per heavy atom. The van der Waals surface area contributed by atoms with E-state index in [1.54, 1.807) is 0 Å². The Balaban J connectivity index is 1.69. The minimum absolute atomic E-state index is 0.0613. The fourth-order valence-corrected chi connectivity index (χ4v) is 2.40. The molecule has 1 fully saturated rings. The molecule has 3 rings (SSSR count). The number of nitrogens with one attached hydrogen (secondary N) is 3.